The molecule has 1 aliphatic rings. The van der Waals surface area contributed by atoms with Crippen LogP contribution in [0.3, 0.4) is 0 Å². The van der Waals surface area contributed by atoms with Gasteiger partial charge in [0.25, 0.3) is 0 Å². The van der Waals surface area contributed by atoms with E-state index in [-0.39, 0.29) is 23.1 Å². The minimum atomic E-state index is -0.506. The molecule has 1 aliphatic heterocycles. The number of carbonyl (C=O) groups excluding carboxylic acids is 1. The standard InChI is InChI=1S/C25H26Cl2FN5O/c1-25(2,3)23(34)32-10-11-33(20-9-8-17(26)12-18(20)28)21(14-32)16-6-4-15(5-7-16)19-13-22(27)31-24(29)30-19/h4-9,12-13,21H,10-11,14H2,1-3H3,(H2,29,30,31)/t21-/m0/s1. The topological polar surface area (TPSA) is 75.4 Å². The second-order valence-corrected chi connectivity index (χ2v) is 10.2. The summed E-state index contributed by atoms with van der Waals surface area (Å²) in [6.07, 6.45) is 0. The number of benzene rings is 2. The van der Waals surface area contributed by atoms with Gasteiger partial charge in [0.1, 0.15) is 11.0 Å². The fourth-order valence-electron chi connectivity index (χ4n) is 4.19. The van der Waals surface area contributed by atoms with E-state index in [1.54, 1.807) is 18.2 Å². The normalized spacial score (nSPS) is 16.6. The van der Waals surface area contributed by atoms with Crippen molar-refractivity contribution in [3.8, 4) is 11.3 Å². The van der Waals surface area contributed by atoms with E-state index >= 15 is 0 Å². The lowest BCUT2D eigenvalue weighted by Crippen LogP contribution is -2.53. The Morgan fingerprint density at radius 1 is 1.06 bits per heavy atom. The second-order valence-electron chi connectivity index (χ2n) is 9.36. The number of nitrogens with zero attached hydrogens (tertiary/aromatic N) is 4. The number of halogens is 3. The molecule has 0 unspecified atom stereocenters. The summed E-state index contributed by atoms with van der Waals surface area (Å²) in [6.45, 7) is 7.15. The molecule has 3 aromatic rings. The average molecular weight is 502 g/mol. The molecule has 0 bridgehead atoms. The predicted octanol–water partition coefficient (Wildman–Crippen LogP) is 5.61. The number of hydrogen-bond acceptors (Lipinski definition) is 5. The van der Waals surface area contributed by atoms with Crippen molar-refractivity contribution < 1.29 is 9.18 Å². The highest BCUT2D eigenvalue weighted by atomic mass is 35.5. The summed E-state index contributed by atoms with van der Waals surface area (Å²) in [6, 6.07) is 13.8. The van der Waals surface area contributed by atoms with E-state index in [0.717, 1.165) is 11.1 Å². The number of nitrogens with two attached hydrogens (primary N) is 1. The molecule has 6 nitrogen and oxygen atoms in total. The Morgan fingerprint density at radius 2 is 1.76 bits per heavy atom. The molecular formula is C25H26Cl2FN5O. The van der Waals surface area contributed by atoms with Crippen LogP contribution in [-0.2, 0) is 4.79 Å². The molecule has 1 saturated heterocycles. The number of hydrogen-bond donors (Lipinski definition) is 1. The average Bonchev–Trinajstić information content (AvgIpc) is 2.77. The summed E-state index contributed by atoms with van der Waals surface area (Å²) in [4.78, 5) is 25.0. The van der Waals surface area contributed by atoms with Gasteiger partial charge in [-0.25, -0.2) is 14.4 Å². The lowest BCUT2D eigenvalue weighted by molar-refractivity contribution is -0.140. The first-order chi connectivity index (χ1) is 16.0. The van der Waals surface area contributed by atoms with Crippen molar-refractivity contribution in [2.75, 3.05) is 30.3 Å². The van der Waals surface area contributed by atoms with E-state index in [9.17, 15) is 9.18 Å². The maximum atomic E-state index is 14.9. The van der Waals surface area contributed by atoms with Crippen LogP contribution in [0.2, 0.25) is 10.2 Å². The molecule has 0 saturated carbocycles. The Balaban J connectivity index is 1.70. The van der Waals surface area contributed by atoms with E-state index < -0.39 is 11.2 Å². The Hall–Kier alpha value is -2.90. The van der Waals surface area contributed by atoms with Crippen molar-refractivity contribution in [2.45, 2.75) is 26.8 Å². The number of amides is 1. The number of anilines is 2. The summed E-state index contributed by atoms with van der Waals surface area (Å²) < 4.78 is 14.9. The van der Waals surface area contributed by atoms with Crippen LogP contribution in [0.25, 0.3) is 11.3 Å². The zero-order valence-corrected chi connectivity index (χ0v) is 20.7. The molecule has 1 aromatic heterocycles. The van der Waals surface area contributed by atoms with Crippen molar-refractivity contribution >= 4 is 40.7 Å². The van der Waals surface area contributed by atoms with Crippen molar-refractivity contribution in [3.05, 3.63) is 70.1 Å². The third-order valence-corrected chi connectivity index (χ3v) is 6.26. The molecule has 9 heteroatoms. The fraction of sp³-hybridized carbons (Fsp3) is 0.320. The van der Waals surface area contributed by atoms with Gasteiger partial charge in [-0.1, -0.05) is 68.2 Å². The molecule has 0 spiro atoms. The lowest BCUT2D eigenvalue weighted by atomic mass is 9.92. The van der Waals surface area contributed by atoms with Gasteiger partial charge in [-0.15, -0.1) is 0 Å². The zero-order chi connectivity index (χ0) is 24.6. The smallest absolute Gasteiger partial charge is 0.228 e. The molecule has 34 heavy (non-hydrogen) atoms. The zero-order valence-electron chi connectivity index (χ0n) is 19.2. The van der Waals surface area contributed by atoms with E-state index in [1.165, 1.54) is 6.07 Å². The van der Waals surface area contributed by atoms with Gasteiger partial charge < -0.3 is 15.5 Å². The highest BCUT2D eigenvalue weighted by Gasteiger charge is 2.35. The van der Waals surface area contributed by atoms with Gasteiger partial charge in [-0.2, -0.15) is 0 Å². The van der Waals surface area contributed by atoms with Crippen LogP contribution in [0, 0.1) is 11.2 Å². The van der Waals surface area contributed by atoms with E-state index in [1.807, 2.05) is 54.8 Å². The van der Waals surface area contributed by atoms with Crippen molar-refractivity contribution in [1.29, 1.82) is 0 Å². The number of carbonyl (C=O) groups is 1. The largest absolute Gasteiger partial charge is 0.368 e. The Bertz CT molecular complexity index is 1190. The van der Waals surface area contributed by atoms with Crippen molar-refractivity contribution in [3.63, 3.8) is 0 Å². The van der Waals surface area contributed by atoms with Gasteiger partial charge in [0, 0.05) is 41.7 Å². The van der Waals surface area contributed by atoms with Crippen molar-refractivity contribution in [2.24, 2.45) is 5.41 Å². The van der Waals surface area contributed by atoms with Crippen LogP contribution in [-0.4, -0.2) is 40.4 Å². The lowest BCUT2D eigenvalue weighted by Gasteiger charge is -2.44. The monoisotopic (exact) mass is 501 g/mol. The van der Waals surface area contributed by atoms with Gasteiger partial charge in [-0.3, -0.25) is 4.79 Å². The summed E-state index contributed by atoms with van der Waals surface area (Å²) in [5.74, 6) is -0.230. The quantitative estimate of drug-likeness (QED) is 0.472. The number of aromatic nitrogens is 2. The molecule has 178 valence electrons. The molecule has 2 heterocycles. The first-order valence-electron chi connectivity index (χ1n) is 10.9. The first-order valence-corrected chi connectivity index (χ1v) is 11.7. The Labute approximate surface area is 208 Å². The highest BCUT2D eigenvalue weighted by Crippen LogP contribution is 2.35. The van der Waals surface area contributed by atoms with Gasteiger partial charge in [0.15, 0.2) is 0 Å². The van der Waals surface area contributed by atoms with Crippen LogP contribution in [0.15, 0.2) is 48.5 Å². The van der Waals surface area contributed by atoms with Crippen LogP contribution in [0.4, 0.5) is 16.0 Å². The van der Waals surface area contributed by atoms with E-state index in [2.05, 4.69) is 9.97 Å². The molecule has 0 radical (unpaired) electrons. The van der Waals surface area contributed by atoms with Crippen LogP contribution in [0.1, 0.15) is 32.4 Å². The maximum Gasteiger partial charge on any atom is 0.228 e. The number of piperazine rings is 1. The van der Waals surface area contributed by atoms with E-state index in [0.29, 0.717) is 36.0 Å². The fourth-order valence-corrected chi connectivity index (χ4v) is 4.54. The highest BCUT2D eigenvalue weighted by molar-refractivity contribution is 6.30. The van der Waals surface area contributed by atoms with E-state index in [4.69, 9.17) is 28.9 Å². The van der Waals surface area contributed by atoms with Gasteiger partial charge in [0.05, 0.1) is 17.4 Å². The molecule has 1 atom stereocenters. The SMILES string of the molecule is CC(C)(C)C(=O)N1CCN(c2ccc(Cl)cc2F)[C@H](c2ccc(-c3cc(Cl)nc(N)n3)cc2)C1. The number of nitrogen functional groups attached to an aromatic ring is 1. The Kier molecular flexibility index (Phi) is 6.69. The third kappa shape index (κ3) is 5.10. The van der Waals surface area contributed by atoms with Gasteiger partial charge in [-0.05, 0) is 23.8 Å². The first kappa shape index (κ1) is 24.2. The Morgan fingerprint density at radius 3 is 2.38 bits per heavy atom. The molecule has 0 aliphatic carbocycles. The second kappa shape index (κ2) is 9.39. The van der Waals surface area contributed by atoms with Crippen LogP contribution in [0.5, 0.6) is 0 Å². The van der Waals surface area contributed by atoms with Crippen molar-refractivity contribution in [1.82, 2.24) is 14.9 Å². The van der Waals surface area contributed by atoms with Crippen LogP contribution >= 0.6 is 23.2 Å². The van der Waals surface area contributed by atoms with Gasteiger partial charge in [0.2, 0.25) is 11.9 Å². The minimum Gasteiger partial charge on any atom is -0.368 e. The molecule has 1 amide bonds. The summed E-state index contributed by atoms with van der Waals surface area (Å²) in [7, 11) is 0. The molecule has 1 fully saturated rings. The molecular weight excluding hydrogens is 476 g/mol. The summed E-state index contributed by atoms with van der Waals surface area (Å²) >= 11 is 12.0. The maximum absolute atomic E-state index is 14.9. The predicted molar refractivity (Wildman–Crippen MR) is 134 cm³/mol. The summed E-state index contributed by atoms with van der Waals surface area (Å²) in [5, 5.41) is 0.603. The molecule has 2 aromatic carbocycles. The third-order valence-electron chi connectivity index (χ3n) is 5.83. The summed E-state index contributed by atoms with van der Waals surface area (Å²) in [5.41, 5.74) is 8.06. The van der Waals surface area contributed by atoms with Crippen LogP contribution < -0.4 is 10.6 Å². The van der Waals surface area contributed by atoms with Gasteiger partial charge >= 0.3 is 0 Å². The molecule has 2 N–H and O–H groups in total. The molecule has 4 rings (SSSR count). The minimum absolute atomic E-state index is 0.0662. The number of rotatable bonds is 3.